The van der Waals surface area contributed by atoms with Gasteiger partial charge in [-0.05, 0) is 33.2 Å². The van der Waals surface area contributed by atoms with E-state index in [1.807, 2.05) is 0 Å². The summed E-state index contributed by atoms with van der Waals surface area (Å²) in [6, 6.07) is 2.13. The van der Waals surface area contributed by atoms with E-state index in [4.69, 9.17) is 5.26 Å². The highest BCUT2D eigenvalue weighted by atomic mass is 16.3. The van der Waals surface area contributed by atoms with Crippen LogP contribution in [0.2, 0.25) is 0 Å². The summed E-state index contributed by atoms with van der Waals surface area (Å²) in [5, 5.41) is 18.0. The zero-order valence-electron chi connectivity index (χ0n) is 8.88. The molecule has 3 heteroatoms. The molecule has 0 aliphatic carbocycles. The minimum Gasteiger partial charge on any atom is -0.390 e. The van der Waals surface area contributed by atoms with Gasteiger partial charge < -0.3 is 5.11 Å². The van der Waals surface area contributed by atoms with Crippen molar-refractivity contribution < 1.29 is 5.11 Å². The fourth-order valence-electron chi connectivity index (χ4n) is 1.12. The third-order valence-electron chi connectivity index (χ3n) is 1.87. The number of nitrogens with zero attached hydrogens (tertiary/aromatic N) is 2. The Hall–Kier alpha value is -0.590. The summed E-state index contributed by atoms with van der Waals surface area (Å²) < 4.78 is 0. The van der Waals surface area contributed by atoms with Crippen LogP contribution in [0.25, 0.3) is 0 Å². The van der Waals surface area contributed by atoms with Gasteiger partial charge in [-0.15, -0.1) is 0 Å². The summed E-state index contributed by atoms with van der Waals surface area (Å²) in [7, 11) is 0. The molecule has 0 spiro atoms. The van der Waals surface area contributed by atoms with E-state index < -0.39 is 5.60 Å². The van der Waals surface area contributed by atoms with Gasteiger partial charge in [0.15, 0.2) is 0 Å². The zero-order valence-corrected chi connectivity index (χ0v) is 8.88. The van der Waals surface area contributed by atoms with Crippen molar-refractivity contribution in [3.63, 3.8) is 0 Å². The van der Waals surface area contributed by atoms with Gasteiger partial charge in [-0.3, -0.25) is 4.90 Å². The SMILES string of the molecule is CCCN(CC#N)CCC(C)(C)O. The van der Waals surface area contributed by atoms with Crippen molar-refractivity contribution in [1.29, 1.82) is 5.26 Å². The largest absolute Gasteiger partial charge is 0.390 e. The van der Waals surface area contributed by atoms with E-state index in [0.717, 1.165) is 19.5 Å². The van der Waals surface area contributed by atoms with Crippen LogP contribution in [-0.2, 0) is 0 Å². The molecule has 0 aliphatic heterocycles. The van der Waals surface area contributed by atoms with E-state index in [0.29, 0.717) is 13.0 Å². The van der Waals surface area contributed by atoms with Gasteiger partial charge in [0.2, 0.25) is 0 Å². The van der Waals surface area contributed by atoms with Gasteiger partial charge >= 0.3 is 0 Å². The number of rotatable bonds is 6. The maximum atomic E-state index is 9.49. The molecule has 0 aliphatic rings. The van der Waals surface area contributed by atoms with Crippen molar-refractivity contribution in [2.45, 2.75) is 39.2 Å². The van der Waals surface area contributed by atoms with E-state index in [1.165, 1.54) is 0 Å². The maximum absolute atomic E-state index is 9.49. The first-order chi connectivity index (χ1) is 5.99. The van der Waals surface area contributed by atoms with Gasteiger partial charge in [0.25, 0.3) is 0 Å². The van der Waals surface area contributed by atoms with Crippen molar-refractivity contribution in [2.75, 3.05) is 19.6 Å². The quantitative estimate of drug-likeness (QED) is 0.634. The number of aliphatic hydroxyl groups is 1. The molecule has 0 radical (unpaired) electrons. The van der Waals surface area contributed by atoms with Gasteiger partial charge in [0.1, 0.15) is 0 Å². The first kappa shape index (κ1) is 12.4. The van der Waals surface area contributed by atoms with Crippen LogP contribution < -0.4 is 0 Å². The number of hydrogen-bond acceptors (Lipinski definition) is 3. The molecule has 3 nitrogen and oxygen atoms in total. The predicted molar refractivity (Wildman–Crippen MR) is 53.3 cm³/mol. The Morgan fingerprint density at radius 3 is 2.38 bits per heavy atom. The van der Waals surface area contributed by atoms with E-state index >= 15 is 0 Å². The molecule has 1 N–H and O–H groups in total. The van der Waals surface area contributed by atoms with Crippen molar-refractivity contribution in [3.05, 3.63) is 0 Å². The first-order valence-corrected chi connectivity index (χ1v) is 4.81. The first-order valence-electron chi connectivity index (χ1n) is 4.81. The van der Waals surface area contributed by atoms with Crippen molar-refractivity contribution in [1.82, 2.24) is 4.90 Å². The third kappa shape index (κ3) is 7.76. The summed E-state index contributed by atoms with van der Waals surface area (Å²) in [6.45, 7) is 7.87. The van der Waals surface area contributed by atoms with Crippen LogP contribution >= 0.6 is 0 Å². The van der Waals surface area contributed by atoms with Gasteiger partial charge in [0.05, 0.1) is 18.2 Å². The summed E-state index contributed by atoms with van der Waals surface area (Å²) in [5.74, 6) is 0. The van der Waals surface area contributed by atoms with Crippen LogP contribution in [0.15, 0.2) is 0 Å². The molecule has 0 heterocycles. The van der Waals surface area contributed by atoms with Gasteiger partial charge in [0, 0.05) is 6.54 Å². The topological polar surface area (TPSA) is 47.3 Å². The molecule has 76 valence electrons. The Morgan fingerprint density at radius 1 is 1.38 bits per heavy atom. The Balaban J connectivity index is 3.76. The average Bonchev–Trinajstić information content (AvgIpc) is 2.00. The minimum absolute atomic E-state index is 0.462. The Bertz CT molecular complexity index is 167. The summed E-state index contributed by atoms with van der Waals surface area (Å²) >= 11 is 0. The third-order valence-corrected chi connectivity index (χ3v) is 1.87. The highest BCUT2D eigenvalue weighted by molar-refractivity contribution is 4.78. The lowest BCUT2D eigenvalue weighted by Gasteiger charge is -2.23. The molecular weight excluding hydrogens is 164 g/mol. The molecule has 0 saturated carbocycles. The van der Waals surface area contributed by atoms with Crippen molar-refractivity contribution in [3.8, 4) is 6.07 Å². The molecule has 0 amide bonds. The van der Waals surface area contributed by atoms with E-state index in [2.05, 4.69) is 17.9 Å². The summed E-state index contributed by atoms with van der Waals surface area (Å²) in [5.41, 5.74) is -0.624. The second kappa shape index (κ2) is 5.95. The van der Waals surface area contributed by atoms with Crippen molar-refractivity contribution >= 4 is 0 Å². The van der Waals surface area contributed by atoms with Crippen LogP contribution in [0.1, 0.15) is 33.6 Å². The summed E-state index contributed by atoms with van der Waals surface area (Å²) in [6.07, 6.45) is 1.77. The molecular formula is C10H20N2O. The molecule has 0 aromatic carbocycles. The molecule has 0 unspecified atom stereocenters. The monoisotopic (exact) mass is 184 g/mol. The number of nitriles is 1. The Morgan fingerprint density at radius 2 is 2.00 bits per heavy atom. The average molecular weight is 184 g/mol. The number of hydrogen-bond donors (Lipinski definition) is 1. The maximum Gasteiger partial charge on any atom is 0.0866 e. The molecule has 13 heavy (non-hydrogen) atoms. The van der Waals surface area contributed by atoms with Crippen LogP contribution in [0, 0.1) is 11.3 Å². The van der Waals surface area contributed by atoms with Gasteiger partial charge in [-0.2, -0.15) is 5.26 Å². The fraction of sp³-hybridized carbons (Fsp3) is 0.900. The summed E-state index contributed by atoms with van der Waals surface area (Å²) in [4.78, 5) is 2.07. The molecule has 0 saturated heterocycles. The second-order valence-electron chi connectivity index (χ2n) is 4.00. The highest BCUT2D eigenvalue weighted by Crippen LogP contribution is 2.08. The molecule has 0 aromatic rings. The van der Waals surface area contributed by atoms with Crippen molar-refractivity contribution in [2.24, 2.45) is 0 Å². The normalized spacial score (nSPS) is 11.7. The van der Waals surface area contributed by atoms with Gasteiger partial charge in [-0.25, -0.2) is 0 Å². The molecule has 0 fully saturated rings. The second-order valence-corrected chi connectivity index (χ2v) is 4.00. The molecule has 0 aromatic heterocycles. The van der Waals surface area contributed by atoms with E-state index in [9.17, 15) is 5.11 Å². The predicted octanol–water partition coefficient (Wildman–Crippen LogP) is 1.38. The molecule has 0 rings (SSSR count). The lowest BCUT2D eigenvalue weighted by molar-refractivity contribution is 0.0592. The highest BCUT2D eigenvalue weighted by Gasteiger charge is 2.14. The lowest BCUT2D eigenvalue weighted by Crippen LogP contribution is -2.31. The van der Waals surface area contributed by atoms with E-state index in [-0.39, 0.29) is 0 Å². The Kier molecular flexibility index (Phi) is 5.68. The minimum atomic E-state index is -0.624. The Labute approximate surface area is 81.0 Å². The zero-order chi connectivity index (χ0) is 10.3. The van der Waals surface area contributed by atoms with Crippen LogP contribution in [0.3, 0.4) is 0 Å². The van der Waals surface area contributed by atoms with Crippen LogP contribution in [0.4, 0.5) is 0 Å². The fourth-order valence-corrected chi connectivity index (χ4v) is 1.12. The lowest BCUT2D eigenvalue weighted by atomic mass is 10.1. The van der Waals surface area contributed by atoms with E-state index in [1.54, 1.807) is 13.8 Å². The van der Waals surface area contributed by atoms with Gasteiger partial charge in [-0.1, -0.05) is 6.92 Å². The molecule has 0 bridgehead atoms. The standard InChI is InChI=1S/C10H20N2O/c1-4-7-12(9-6-11)8-5-10(2,3)13/h13H,4-5,7-9H2,1-3H3. The smallest absolute Gasteiger partial charge is 0.0866 e. The van der Waals surface area contributed by atoms with Crippen LogP contribution in [-0.4, -0.2) is 35.2 Å². The molecule has 0 atom stereocenters. The van der Waals surface area contributed by atoms with Crippen LogP contribution in [0.5, 0.6) is 0 Å².